The summed E-state index contributed by atoms with van der Waals surface area (Å²) in [5, 5.41) is 2.12. The van der Waals surface area contributed by atoms with Crippen molar-refractivity contribution in [2.45, 2.75) is 6.92 Å². The number of benzene rings is 1. The fraction of sp³-hybridized carbons (Fsp3) is 0.182. The molecule has 0 aliphatic carbocycles. The number of anilines is 1. The average Bonchev–Trinajstić information content (AvgIpc) is 2.44. The summed E-state index contributed by atoms with van der Waals surface area (Å²) in [6, 6.07) is 8.46. The minimum absolute atomic E-state index is 0.0849. The zero-order chi connectivity index (χ0) is 14.8. The van der Waals surface area contributed by atoms with Crippen molar-refractivity contribution < 1.29 is 14.3 Å². The Morgan fingerprint density at radius 3 is 2.50 bits per heavy atom. The van der Waals surface area contributed by atoms with Gasteiger partial charge in [0.1, 0.15) is 0 Å². The second kappa shape index (κ2) is 8.53. The topological polar surface area (TPSA) is 104 Å². The standard InChI is InChI=1S/C11H15N5O3S/c1-2-19-11(18)12-10(20)16-15-9(17)14-13-8-6-4-3-5-7-8/h3-7,13H,2H2,1H3,(H2,14,15,17)(H2,12,16,18,20). The molecule has 0 spiro atoms. The molecule has 0 aliphatic heterocycles. The number of thiocarbonyl (C=S) groups is 1. The minimum atomic E-state index is -0.699. The average molecular weight is 297 g/mol. The van der Waals surface area contributed by atoms with Gasteiger partial charge in [-0.25, -0.2) is 15.0 Å². The lowest BCUT2D eigenvalue weighted by atomic mass is 10.3. The summed E-state index contributed by atoms with van der Waals surface area (Å²) < 4.78 is 4.61. The Labute approximate surface area is 121 Å². The fourth-order valence-corrected chi connectivity index (χ4v) is 1.22. The lowest BCUT2D eigenvalue weighted by molar-refractivity contribution is 0.157. The van der Waals surface area contributed by atoms with Crippen molar-refractivity contribution in [3.05, 3.63) is 30.3 Å². The largest absolute Gasteiger partial charge is 0.450 e. The second-order valence-electron chi connectivity index (χ2n) is 3.37. The summed E-state index contributed by atoms with van der Waals surface area (Å²) in [7, 11) is 0. The van der Waals surface area contributed by atoms with Crippen LogP contribution in [0.4, 0.5) is 15.3 Å². The van der Waals surface area contributed by atoms with E-state index in [9.17, 15) is 9.59 Å². The molecule has 3 amide bonds. The third kappa shape index (κ3) is 6.40. The quantitative estimate of drug-likeness (QED) is 0.418. The molecule has 9 heteroatoms. The maximum Gasteiger partial charge on any atom is 0.413 e. The van der Waals surface area contributed by atoms with Crippen molar-refractivity contribution >= 4 is 35.1 Å². The Hall–Kier alpha value is -2.55. The van der Waals surface area contributed by atoms with Crippen LogP contribution in [-0.4, -0.2) is 23.8 Å². The molecular formula is C11H15N5O3S. The number of nitrogens with one attached hydrogen (secondary N) is 5. The Kier molecular flexibility index (Phi) is 6.62. The predicted molar refractivity (Wildman–Crippen MR) is 77.6 cm³/mol. The molecule has 20 heavy (non-hydrogen) atoms. The maximum absolute atomic E-state index is 11.4. The Morgan fingerprint density at radius 2 is 1.85 bits per heavy atom. The van der Waals surface area contributed by atoms with E-state index in [4.69, 9.17) is 12.2 Å². The number of ether oxygens (including phenoxy) is 1. The summed E-state index contributed by atoms with van der Waals surface area (Å²) in [5.74, 6) is 0. The molecular weight excluding hydrogens is 282 g/mol. The Bertz CT molecular complexity index is 468. The van der Waals surface area contributed by atoms with Crippen molar-refractivity contribution in [1.82, 2.24) is 21.6 Å². The predicted octanol–water partition coefficient (Wildman–Crippen LogP) is 0.848. The number of para-hydroxylation sites is 1. The maximum atomic E-state index is 11.4. The summed E-state index contributed by atoms with van der Waals surface area (Å²) in [5.41, 5.74) is 10.3. The van der Waals surface area contributed by atoms with Gasteiger partial charge >= 0.3 is 12.1 Å². The third-order valence-corrected chi connectivity index (χ3v) is 2.08. The summed E-state index contributed by atoms with van der Waals surface area (Å²) in [6.07, 6.45) is -0.699. The van der Waals surface area contributed by atoms with Crippen LogP contribution in [0.15, 0.2) is 30.3 Å². The highest BCUT2D eigenvalue weighted by atomic mass is 32.1. The Morgan fingerprint density at radius 1 is 1.15 bits per heavy atom. The van der Waals surface area contributed by atoms with E-state index in [0.29, 0.717) is 0 Å². The smallest absolute Gasteiger partial charge is 0.413 e. The molecule has 1 aromatic rings. The molecule has 0 aliphatic rings. The zero-order valence-electron chi connectivity index (χ0n) is 10.7. The number of hydrogen-bond acceptors (Lipinski definition) is 5. The van der Waals surface area contributed by atoms with Crippen LogP contribution in [0.3, 0.4) is 0 Å². The molecule has 5 N–H and O–H groups in total. The van der Waals surface area contributed by atoms with Gasteiger partial charge in [0.15, 0.2) is 5.11 Å². The van der Waals surface area contributed by atoms with E-state index < -0.39 is 12.1 Å². The first-order chi connectivity index (χ1) is 9.61. The Balaban J connectivity index is 2.19. The number of hydrazine groups is 2. The van der Waals surface area contributed by atoms with E-state index in [0.717, 1.165) is 5.69 Å². The van der Waals surface area contributed by atoms with Gasteiger partial charge in [-0.1, -0.05) is 18.2 Å². The van der Waals surface area contributed by atoms with Crippen molar-refractivity contribution in [2.24, 2.45) is 0 Å². The van der Waals surface area contributed by atoms with Gasteiger partial charge < -0.3 is 4.74 Å². The number of hydrogen-bond donors (Lipinski definition) is 5. The van der Waals surface area contributed by atoms with Gasteiger partial charge in [-0.05, 0) is 31.3 Å². The number of urea groups is 1. The van der Waals surface area contributed by atoms with Crippen LogP contribution < -0.4 is 27.0 Å². The van der Waals surface area contributed by atoms with Crippen LogP contribution in [0.1, 0.15) is 6.92 Å². The summed E-state index contributed by atoms with van der Waals surface area (Å²) >= 11 is 4.75. The van der Waals surface area contributed by atoms with Gasteiger partial charge in [-0.15, -0.1) is 0 Å². The highest BCUT2D eigenvalue weighted by Gasteiger charge is 2.05. The molecule has 0 bridgehead atoms. The van der Waals surface area contributed by atoms with E-state index in [1.807, 2.05) is 18.2 Å². The summed E-state index contributed by atoms with van der Waals surface area (Å²) in [6.45, 7) is 1.89. The molecule has 1 aromatic carbocycles. The van der Waals surface area contributed by atoms with E-state index in [-0.39, 0.29) is 11.7 Å². The second-order valence-corrected chi connectivity index (χ2v) is 3.78. The molecule has 0 saturated carbocycles. The van der Waals surface area contributed by atoms with E-state index >= 15 is 0 Å². The first-order valence-corrected chi connectivity index (χ1v) is 6.13. The van der Waals surface area contributed by atoms with Gasteiger partial charge in [-0.2, -0.15) is 0 Å². The molecule has 0 saturated heterocycles. The van der Waals surface area contributed by atoms with Crippen LogP contribution >= 0.6 is 12.2 Å². The van der Waals surface area contributed by atoms with E-state index in [1.54, 1.807) is 19.1 Å². The molecule has 108 valence electrons. The molecule has 0 fully saturated rings. The van der Waals surface area contributed by atoms with Crippen molar-refractivity contribution in [3.8, 4) is 0 Å². The number of rotatable bonds is 3. The van der Waals surface area contributed by atoms with E-state index in [1.165, 1.54) is 0 Å². The highest BCUT2D eigenvalue weighted by molar-refractivity contribution is 7.80. The van der Waals surface area contributed by atoms with Crippen molar-refractivity contribution in [3.63, 3.8) is 0 Å². The molecule has 0 aromatic heterocycles. The van der Waals surface area contributed by atoms with Crippen LogP contribution in [0, 0.1) is 0 Å². The first kappa shape index (κ1) is 15.5. The minimum Gasteiger partial charge on any atom is -0.450 e. The lowest BCUT2D eigenvalue weighted by Crippen LogP contribution is -2.52. The number of amides is 3. The zero-order valence-corrected chi connectivity index (χ0v) is 11.5. The molecule has 1 rings (SSSR count). The monoisotopic (exact) mass is 297 g/mol. The van der Waals surface area contributed by atoms with Crippen LogP contribution in [0.2, 0.25) is 0 Å². The lowest BCUT2D eigenvalue weighted by Gasteiger charge is -2.12. The van der Waals surface area contributed by atoms with Gasteiger partial charge in [0.25, 0.3) is 0 Å². The fourth-order valence-electron chi connectivity index (χ4n) is 1.09. The molecule has 0 unspecified atom stereocenters. The third-order valence-electron chi connectivity index (χ3n) is 1.87. The van der Waals surface area contributed by atoms with E-state index in [2.05, 4.69) is 31.8 Å². The first-order valence-electron chi connectivity index (χ1n) is 5.72. The van der Waals surface area contributed by atoms with Gasteiger partial charge in [0.2, 0.25) is 0 Å². The van der Waals surface area contributed by atoms with Crippen molar-refractivity contribution in [1.29, 1.82) is 0 Å². The van der Waals surface area contributed by atoms with Gasteiger partial charge in [0, 0.05) is 0 Å². The van der Waals surface area contributed by atoms with Gasteiger partial charge in [-0.3, -0.25) is 21.6 Å². The molecule has 0 atom stereocenters. The number of carbonyl (C=O) groups excluding carboxylic acids is 2. The highest BCUT2D eigenvalue weighted by Crippen LogP contribution is 2.01. The SMILES string of the molecule is CCOC(=O)NC(=S)NNC(=O)NNc1ccccc1. The van der Waals surface area contributed by atoms with Crippen molar-refractivity contribution in [2.75, 3.05) is 12.0 Å². The normalized spacial score (nSPS) is 9.05. The molecule has 0 radical (unpaired) electrons. The van der Waals surface area contributed by atoms with Gasteiger partial charge in [0.05, 0.1) is 12.3 Å². The number of carbonyl (C=O) groups is 2. The number of alkyl carbamates (subject to hydrolysis) is 1. The van der Waals surface area contributed by atoms with Crippen LogP contribution in [-0.2, 0) is 4.74 Å². The molecule has 0 heterocycles. The van der Waals surface area contributed by atoms with Crippen LogP contribution in [0.25, 0.3) is 0 Å². The van der Waals surface area contributed by atoms with Crippen LogP contribution in [0.5, 0.6) is 0 Å². The molecule has 8 nitrogen and oxygen atoms in total. The summed E-state index contributed by atoms with van der Waals surface area (Å²) in [4.78, 5) is 22.4.